The van der Waals surface area contributed by atoms with Gasteiger partial charge in [-0.3, -0.25) is 9.59 Å². The lowest BCUT2D eigenvalue weighted by molar-refractivity contribution is -0.319. The zero-order valence-electron chi connectivity index (χ0n) is 34.3. The van der Waals surface area contributed by atoms with E-state index < -0.39 is 102 Å². The summed E-state index contributed by atoms with van der Waals surface area (Å²) in [4.78, 5) is 30.1. The Bertz CT molecular complexity index is 1190. The molecule has 3 saturated heterocycles. The maximum absolute atomic E-state index is 14.2. The second-order valence-electron chi connectivity index (χ2n) is 16.6. The first-order valence-corrected chi connectivity index (χ1v) is 18.9. The number of likely N-dealkylation sites (N-methyl/N-ethyl adjacent to an activating group) is 1. The number of cyclic esters (lactones) is 1. The van der Waals surface area contributed by atoms with Crippen molar-refractivity contribution in [3.05, 3.63) is 0 Å². The topological polar surface area (TPSA) is 183 Å². The van der Waals surface area contributed by atoms with E-state index in [9.17, 15) is 30.0 Å². The van der Waals surface area contributed by atoms with E-state index in [1.165, 1.54) is 21.1 Å². The molecule has 0 spiro atoms. The van der Waals surface area contributed by atoms with Gasteiger partial charge in [-0.05, 0) is 74.9 Å². The minimum absolute atomic E-state index is 0. The van der Waals surface area contributed by atoms with Crippen molar-refractivity contribution in [2.75, 3.05) is 28.3 Å². The van der Waals surface area contributed by atoms with E-state index in [0.717, 1.165) is 0 Å². The van der Waals surface area contributed by atoms with Crippen LogP contribution in [-0.4, -0.2) is 150 Å². The average molecular weight is 784 g/mol. The van der Waals surface area contributed by atoms with Crippen LogP contribution in [0.3, 0.4) is 0 Å². The van der Waals surface area contributed by atoms with Crippen molar-refractivity contribution in [2.45, 2.75) is 179 Å². The fraction of sp³-hybridized carbons (Fsp3) is 0.947. The van der Waals surface area contributed by atoms with Crippen LogP contribution >= 0.6 is 12.4 Å². The average Bonchev–Trinajstić information content (AvgIpc) is 3.09. The van der Waals surface area contributed by atoms with Crippen LogP contribution in [0.4, 0.5) is 0 Å². The monoisotopic (exact) mass is 783 g/mol. The van der Waals surface area contributed by atoms with Crippen LogP contribution in [0, 0.1) is 23.7 Å². The minimum Gasteiger partial charge on any atom is -0.459 e. The summed E-state index contributed by atoms with van der Waals surface area (Å²) in [5.41, 5.74) is -4.24. The molecule has 0 radical (unpaired) electrons. The summed E-state index contributed by atoms with van der Waals surface area (Å²) < 4.78 is 43.9. The SMILES string of the molecule is CC[C@H]1OC(=O)[C@H](C)[C@@H](O[C@H]2C[C@@](C)(OC)[C@@H](O)[C@H](C)O2)C(C)[C@@H](O[C@@H]2O[C@H](C)C[C@H](N(C)C)[C@H]2O)[C@](C)(OC)C[C@@H](C)C(=O)[C@H](C)[C@@H](O)[C@]1(C)O.Cl. The van der Waals surface area contributed by atoms with Gasteiger partial charge in [0.25, 0.3) is 0 Å². The molecule has 14 nitrogen and oxygen atoms in total. The van der Waals surface area contributed by atoms with Gasteiger partial charge in [-0.25, -0.2) is 0 Å². The summed E-state index contributed by atoms with van der Waals surface area (Å²) >= 11 is 0. The van der Waals surface area contributed by atoms with Gasteiger partial charge in [-0.15, -0.1) is 12.4 Å². The van der Waals surface area contributed by atoms with Crippen LogP contribution in [0.2, 0.25) is 0 Å². The lowest BCUT2D eigenvalue weighted by atomic mass is 9.74. The van der Waals surface area contributed by atoms with Crippen molar-refractivity contribution < 1.29 is 63.2 Å². The van der Waals surface area contributed by atoms with Crippen molar-refractivity contribution in [3.8, 4) is 0 Å². The quantitative estimate of drug-likeness (QED) is 0.264. The fourth-order valence-electron chi connectivity index (χ4n) is 8.58. The standard InChI is InChI=1S/C38H69NO13.ClH/c1-15-26-38(10,45)31(42)21(4)28(40)19(2)17-37(9,47-14)33(52-35-29(41)25(39(11)12)16-20(3)48-35)22(5)30(23(6)34(44)50-26)51-27-18-36(8,46-13)32(43)24(7)49-27;/h19-27,29-33,35,41-43,45H,15-18H2,1-14H3;1H/t19-,20-,21+,22?,23-,24+,25+,26-,27+,29-,30+,31-,32+,33-,35+,36-,37-,38-;/m1./s1. The van der Waals surface area contributed by atoms with Gasteiger partial charge in [0.1, 0.15) is 29.7 Å². The molecule has 3 rings (SSSR count). The summed E-state index contributed by atoms with van der Waals surface area (Å²) in [5, 5.41) is 45.6. The number of esters is 1. The molecule has 312 valence electrons. The Balaban J connectivity index is 0.00000972. The number of carbonyl (C=O) groups is 2. The molecule has 3 aliphatic rings. The molecule has 0 amide bonds. The molecule has 0 bridgehead atoms. The molecule has 0 aliphatic carbocycles. The predicted molar refractivity (Wildman–Crippen MR) is 198 cm³/mol. The lowest BCUT2D eigenvalue weighted by Crippen LogP contribution is -2.61. The van der Waals surface area contributed by atoms with Crippen molar-refractivity contribution in [3.63, 3.8) is 0 Å². The Morgan fingerprint density at radius 1 is 0.849 bits per heavy atom. The molecular formula is C38H70ClNO13. The Morgan fingerprint density at radius 3 is 1.96 bits per heavy atom. The molecule has 0 aromatic rings. The molecule has 3 aliphatic heterocycles. The van der Waals surface area contributed by atoms with Crippen molar-refractivity contribution in [2.24, 2.45) is 23.7 Å². The number of ether oxygens (including phenoxy) is 7. The van der Waals surface area contributed by atoms with Gasteiger partial charge in [-0.2, -0.15) is 0 Å². The zero-order valence-corrected chi connectivity index (χ0v) is 35.1. The van der Waals surface area contributed by atoms with Crippen LogP contribution in [0.5, 0.6) is 0 Å². The highest BCUT2D eigenvalue weighted by Gasteiger charge is 2.54. The first-order valence-electron chi connectivity index (χ1n) is 18.9. The number of halogens is 1. The summed E-state index contributed by atoms with van der Waals surface area (Å²) in [7, 11) is 6.77. The van der Waals surface area contributed by atoms with Crippen molar-refractivity contribution in [1.29, 1.82) is 0 Å². The van der Waals surface area contributed by atoms with Crippen LogP contribution in [-0.2, 0) is 42.7 Å². The molecule has 0 aromatic carbocycles. The van der Waals surface area contributed by atoms with E-state index in [1.807, 2.05) is 32.8 Å². The zero-order chi connectivity index (χ0) is 39.7. The second kappa shape index (κ2) is 19.0. The van der Waals surface area contributed by atoms with Gasteiger partial charge in [0.2, 0.25) is 0 Å². The molecule has 18 atom stereocenters. The van der Waals surface area contributed by atoms with E-state index in [1.54, 1.807) is 48.5 Å². The molecule has 0 saturated carbocycles. The maximum Gasteiger partial charge on any atom is 0.311 e. The third kappa shape index (κ3) is 10.3. The largest absolute Gasteiger partial charge is 0.459 e. The first kappa shape index (κ1) is 48.1. The second-order valence-corrected chi connectivity index (χ2v) is 16.6. The van der Waals surface area contributed by atoms with E-state index in [-0.39, 0.29) is 49.6 Å². The Kier molecular flexibility index (Phi) is 17.2. The molecule has 4 N–H and O–H groups in total. The number of aliphatic hydroxyl groups is 4. The van der Waals surface area contributed by atoms with Crippen LogP contribution in [0.15, 0.2) is 0 Å². The number of ketones is 1. The molecule has 3 heterocycles. The Morgan fingerprint density at radius 2 is 1.43 bits per heavy atom. The molecule has 15 heteroatoms. The van der Waals surface area contributed by atoms with E-state index >= 15 is 0 Å². The molecule has 3 fully saturated rings. The van der Waals surface area contributed by atoms with Gasteiger partial charge in [-0.1, -0.05) is 27.7 Å². The van der Waals surface area contributed by atoms with E-state index in [0.29, 0.717) is 6.42 Å². The number of methoxy groups -OCH3 is 2. The highest BCUT2D eigenvalue weighted by atomic mass is 35.5. The Labute approximate surface area is 322 Å². The molecule has 0 aromatic heterocycles. The third-order valence-electron chi connectivity index (χ3n) is 12.3. The summed E-state index contributed by atoms with van der Waals surface area (Å²) in [5.74, 6) is -4.47. The van der Waals surface area contributed by atoms with Gasteiger partial charge in [0.15, 0.2) is 12.6 Å². The van der Waals surface area contributed by atoms with Crippen molar-refractivity contribution in [1.82, 2.24) is 4.90 Å². The number of rotatable bonds is 8. The highest BCUT2D eigenvalue weighted by Crippen LogP contribution is 2.41. The van der Waals surface area contributed by atoms with Gasteiger partial charge >= 0.3 is 5.97 Å². The summed E-state index contributed by atoms with van der Waals surface area (Å²) in [6, 6.07) is -0.283. The highest BCUT2D eigenvalue weighted by molar-refractivity contribution is 5.85. The predicted octanol–water partition coefficient (Wildman–Crippen LogP) is 2.86. The lowest BCUT2D eigenvalue weighted by Gasteiger charge is -2.50. The normalized spacial score (nSPS) is 48.1. The number of Topliss-reactive ketones (excluding diaryl/α,β-unsaturated/α-hetero) is 1. The van der Waals surface area contributed by atoms with Gasteiger partial charge in [0, 0.05) is 44.4 Å². The minimum atomic E-state index is -1.96. The first-order chi connectivity index (χ1) is 24.0. The summed E-state index contributed by atoms with van der Waals surface area (Å²) in [6.45, 7) is 17.1. The molecule has 53 heavy (non-hydrogen) atoms. The fourth-order valence-corrected chi connectivity index (χ4v) is 8.58. The number of aliphatic hydroxyl groups excluding tert-OH is 3. The van der Waals surface area contributed by atoms with Crippen molar-refractivity contribution >= 4 is 24.2 Å². The number of nitrogens with zero attached hydrogens (tertiary/aromatic N) is 1. The van der Waals surface area contributed by atoms with Crippen LogP contribution in [0.25, 0.3) is 0 Å². The molecule has 1 unspecified atom stereocenters. The van der Waals surface area contributed by atoms with Crippen LogP contribution < -0.4 is 0 Å². The number of hydrogen-bond acceptors (Lipinski definition) is 14. The molecular weight excluding hydrogens is 714 g/mol. The van der Waals surface area contributed by atoms with E-state index in [2.05, 4.69) is 0 Å². The van der Waals surface area contributed by atoms with Gasteiger partial charge < -0.3 is 58.5 Å². The smallest absolute Gasteiger partial charge is 0.311 e. The Hall–Kier alpha value is -1.01. The summed E-state index contributed by atoms with van der Waals surface area (Å²) in [6.07, 6.45) is -8.73. The maximum atomic E-state index is 14.2. The number of hydrogen-bond donors (Lipinski definition) is 4. The third-order valence-corrected chi connectivity index (χ3v) is 12.3. The number of carbonyl (C=O) groups excluding carboxylic acids is 2. The van der Waals surface area contributed by atoms with Gasteiger partial charge in [0.05, 0.1) is 47.6 Å². The van der Waals surface area contributed by atoms with E-state index in [4.69, 9.17) is 33.2 Å². The van der Waals surface area contributed by atoms with Crippen LogP contribution in [0.1, 0.15) is 94.9 Å².